The van der Waals surface area contributed by atoms with Gasteiger partial charge in [0, 0.05) is 16.9 Å². The van der Waals surface area contributed by atoms with Crippen LogP contribution in [0.5, 0.6) is 0 Å². The maximum atomic E-state index is 2.49. The molecule has 1 heteroatoms. The maximum absolute atomic E-state index is 2.49. The molecule has 3 aliphatic carbocycles. The van der Waals surface area contributed by atoms with E-state index in [0.29, 0.717) is 0 Å². The molecule has 0 N–H and O–H groups in total. The zero-order valence-corrected chi connectivity index (χ0v) is 24.0. The predicted molar refractivity (Wildman–Crippen MR) is 182 cm³/mol. The summed E-state index contributed by atoms with van der Waals surface area (Å²) < 4.78 is 0. The molecule has 0 amide bonds. The Morgan fingerprint density at radius 3 is 1.57 bits per heavy atom. The molecular weight excluding hydrogens is 530 g/mol. The molecule has 44 heavy (non-hydrogen) atoms. The number of nitrogens with zero attached hydrogens (tertiary/aromatic N) is 1. The normalized spacial score (nSPS) is 15.8. The van der Waals surface area contributed by atoms with Crippen molar-refractivity contribution in [3.63, 3.8) is 0 Å². The molecule has 0 aromatic heterocycles. The van der Waals surface area contributed by atoms with Crippen LogP contribution in [0.15, 0.2) is 164 Å². The number of anilines is 3. The fraction of sp³-hybridized carbons (Fsp3) is 0.0233. The molecule has 0 saturated carbocycles. The van der Waals surface area contributed by atoms with Crippen LogP contribution in [-0.4, -0.2) is 0 Å². The summed E-state index contributed by atoms with van der Waals surface area (Å²) in [4.78, 5) is 2.44. The number of benzene rings is 7. The van der Waals surface area contributed by atoms with E-state index >= 15 is 0 Å². The third-order valence-corrected chi connectivity index (χ3v) is 9.99. The summed E-state index contributed by atoms with van der Waals surface area (Å²) in [6.45, 7) is 0. The van der Waals surface area contributed by atoms with Crippen molar-refractivity contribution >= 4 is 17.1 Å². The molecule has 10 rings (SSSR count). The van der Waals surface area contributed by atoms with E-state index in [-0.39, 0.29) is 5.41 Å². The van der Waals surface area contributed by atoms with E-state index in [0.717, 1.165) is 17.1 Å². The Bertz CT molecular complexity index is 2240. The van der Waals surface area contributed by atoms with Gasteiger partial charge in [-0.05, 0) is 91.5 Å². The summed E-state index contributed by atoms with van der Waals surface area (Å²) in [6, 6.07) is 60.4. The quantitative estimate of drug-likeness (QED) is 0.208. The largest absolute Gasteiger partial charge is 0.310 e. The molecule has 0 saturated heterocycles. The molecule has 0 fully saturated rings. The Morgan fingerprint density at radius 1 is 0.341 bits per heavy atom. The lowest BCUT2D eigenvalue weighted by molar-refractivity contribution is 0.818. The molecule has 7 aromatic carbocycles. The molecule has 3 aliphatic rings. The Hall–Kier alpha value is -5.66. The smallest absolute Gasteiger partial charge is 0.0738 e. The molecule has 1 spiro atoms. The molecule has 204 valence electrons. The van der Waals surface area contributed by atoms with Crippen LogP contribution in [-0.2, 0) is 5.41 Å². The predicted octanol–water partition coefficient (Wildman–Crippen LogP) is 11.1. The first-order valence-corrected chi connectivity index (χ1v) is 15.4. The van der Waals surface area contributed by atoms with Gasteiger partial charge >= 0.3 is 0 Å². The third kappa shape index (κ3) is 2.89. The van der Waals surface area contributed by atoms with Crippen LogP contribution in [0.3, 0.4) is 0 Å². The Kier molecular flexibility index (Phi) is 4.71. The van der Waals surface area contributed by atoms with Crippen molar-refractivity contribution in [3.8, 4) is 44.5 Å². The minimum Gasteiger partial charge on any atom is -0.310 e. The average molecular weight is 558 g/mol. The van der Waals surface area contributed by atoms with Gasteiger partial charge in [0.1, 0.15) is 0 Å². The summed E-state index contributed by atoms with van der Waals surface area (Å²) in [7, 11) is 0. The average Bonchev–Trinajstić information content (AvgIpc) is 3.69. The first kappa shape index (κ1) is 23.9. The zero-order valence-electron chi connectivity index (χ0n) is 24.0. The van der Waals surface area contributed by atoms with Gasteiger partial charge in [-0.2, -0.15) is 0 Å². The maximum Gasteiger partial charge on any atom is 0.0738 e. The van der Waals surface area contributed by atoms with E-state index < -0.39 is 0 Å². The Labute approximate surface area is 257 Å². The van der Waals surface area contributed by atoms with Gasteiger partial charge in [-0.15, -0.1) is 0 Å². The molecule has 0 radical (unpaired) electrons. The molecule has 0 aliphatic heterocycles. The van der Waals surface area contributed by atoms with E-state index in [9.17, 15) is 0 Å². The third-order valence-electron chi connectivity index (χ3n) is 9.99. The van der Waals surface area contributed by atoms with E-state index in [1.54, 1.807) is 0 Å². The number of hydrogen-bond donors (Lipinski definition) is 0. The lowest BCUT2D eigenvalue weighted by Gasteiger charge is -2.31. The van der Waals surface area contributed by atoms with Crippen molar-refractivity contribution in [2.45, 2.75) is 5.41 Å². The fourth-order valence-electron chi connectivity index (χ4n) is 8.42. The van der Waals surface area contributed by atoms with Crippen LogP contribution in [0.25, 0.3) is 44.5 Å². The summed E-state index contributed by atoms with van der Waals surface area (Å²) in [6.07, 6.45) is 0. The summed E-state index contributed by atoms with van der Waals surface area (Å²) in [5.41, 5.74) is 19.5. The second kappa shape index (κ2) is 8.69. The number of rotatable bonds is 4. The van der Waals surface area contributed by atoms with Crippen LogP contribution in [0.4, 0.5) is 17.1 Å². The first-order chi connectivity index (χ1) is 21.9. The fourth-order valence-corrected chi connectivity index (χ4v) is 8.42. The SMILES string of the molecule is c1ccc(-c2ccccc2N(c2ccccc2)c2ccc3c(c2)C24c5ccccc5-c5cccc(c52)-c2cccc-3c24)cc1. The van der Waals surface area contributed by atoms with Gasteiger partial charge in [0.25, 0.3) is 0 Å². The van der Waals surface area contributed by atoms with Gasteiger partial charge < -0.3 is 4.90 Å². The summed E-state index contributed by atoms with van der Waals surface area (Å²) in [5.74, 6) is 0. The molecule has 7 aromatic rings. The minimum atomic E-state index is -0.304. The number of fused-ring (bicyclic) bond motifs is 5. The van der Waals surface area contributed by atoms with Crippen molar-refractivity contribution in [2.75, 3.05) is 4.90 Å². The van der Waals surface area contributed by atoms with Gasteiger partial charge in [-0.3, -0.25) is 0 Å². The molecule has 0 bridgehead atoms. The van der Waals surface area contributed by atoms with E-state index in [2.05, 4.69) is 169 Å². The topological polar surface area (TPSA) is 3.24 Å². The van der Waals surface area contributed by atoms with Crippen LogP contribution < -0.4 is 4.90 Å². The van der Waals surface area contributed by atoms with Gasteiger partial charge in [0.05, 0.1) is 11.1 Å². The van der Waals surface area contributed by atoms with Gasteiger partial charge in [-0.25, -0.2) is 0 Å². The van der Waals surface area contributed by atoms with Crippen molar-refractivity contribution in [3.05, 3.63) is 186 Å². The minimum absolute atomic E-state index is 0.304. The summed E-state index contributed by atoms with van der Waals surface area (Å²) >= 11 is 0. The Balaban J connectivity index is 1.28. The van der Waals surface area contributed by atoms with Crippen LogP contribution >= 0.6 is 0 Å². The Morgan fingerprint density at radius 2 is 0.864 bits per heavy atom. The van der Waals surface area contributed by atoms with Crippen LogP contribution in [0, 0.1) is 0 Å². The van der Waals surface area contributed by atoms with Crippen molar-refractivity contribution in [2.24, 2.45) is 0 Å². The second-order valence-corrected chi connectivity index (χ2v) is 12.0. The van der Waals surface area contributed by atoms with Crippen LogP contribution in [0.1, 0.15) is 22.3 Å². The van der Waals surface area contributed by atoms with E-state index in [1.807, 2.05) is 0 Å². The highest BCUT2D eigenvalue weighted by Gasteiger charge is 2.57. The van der Waals surface area contributed by atoms with Crippen molar-refractivity contribution < 1.29 is 0 Å². The van der Waals surface area contributed by atoms with Gasteiger partial charge in [0.2, 0.25) is 0 Å². The molecule has 1 nitrogen and oxygen atoms in total. The second-order valence-electron chi connectivity index (χ2n) is 12.0. The van der Waals surface area contributed by atoms with Crippen LogP contribution in [0.2, 0.25) is 0 Å². The molecule has 1 atom stereocenters. The molecular formula is C43H27N. The van der Waals surface area contributed by atoms with E-state index in [1.165, 1.54) is 66.8 Å². The number of para-hydroxylation sites is 2. The van der Waals surface area contributed by atoms with Crippen molar-refractivity contribution in [1.82, 2.24) is 0 Å². The van der Waals surface area contributed by atoms with Crippen molar-refractivity contribution in [1.29, 1.82) is 0 Å². The highest BCUT2D eigenvalue weighted by Crippen LogP contribution is 2.70. The van der Waals surface area contributed by atoms with Gasteiger partial charge in [0.15, 0.2) is 0 Å². The van der Waals surface area contributed by atoms with E-state index in [4.69, 9.17) is 0 Å². The highest BCUT2D eigenvalue weighted by atomic mass is 15.1. The lowest BCUT2D eigenvalue weighted by Crippen LogP contribution is -2.23. The lowest BCUT2D eigenvalue weighted by atomic mass is 9.73. The van der Waals surface area contributed by atoms with Gasteiger partial charge in [-0.1, -0.05) is 133 Å². The molecule has 1 unspecified atom stereocenters. The first-order valence-electron chi connectivity index (χ1n) is 15.4. The summed E-state index contributed by atoms with van der Waals surface area (Å²) in [5, 5.41) is 0. The molecule has 0 heterocycles. The number of hydrogen-bond acceptors (Lipinski definition) is 1. The monoisotopic (exact) mass is 557 g/mol. The standard InChI is InChI=1S/C43H27N/c1-3-13-28(14-4-1)31-17-8-10-24-40(31)44(29-15-5-2-6-16-29)30-25-26-33-35-20-12-22-37-36-21-11-19-34-32-18-7-9-23-38(32)43(41(34)36,42(35)37)39(33)27-30/h1-27H. The highest BCUT2D eigenvalue weighted by molar-refractivity contribution is 6.06. The zero-order chi connectivity index (χ0) is 28.8.